The molecule has 31 heavy (non-hydrogen) atoms. The Labute approximate surface area is 181 Å². The number of carbonyl (C=O) groups is 2. The minimum absolute atomic E-state index is 0.00578. The number of amides is 1. The van der Waals surface area contributed by atoms with Gasteiger partial charge in [-0.3, -0.25) is 9.59 Å². The van der Waals surface area contributed by atoms with Crippen molar-refractivity contribution in [3.8, 4) is 0 Å². The van der Waals surface area contributed by atoms with Crippen molar-refractivity contribution < 1.29 is 14.3 Å². The highest BCUT2D eigenvalue weighted by atomic mass is 16.5. The molecule has 1 N–H and O–H groups in total. The van der Waals surface area contributed by atoms with Crippen LogP contribution in [0.25, 0.3) is 10.8 Å². The summed E-state index contributed by atoms with van der Waals surface area (Å²) in [5.41, 5.74) is 3.40. The predicted molar refractivity (Wildman–Crippen MR) is 121 cm³/mol. The summed E-state index contributed by atoms with van der Waals surface area (Å²) in [5, 5.41) is 7.85. The molecule has 1 heterocycles. The fourth-order valence-corrected chi connectivity index (χ4v) is 3.58. The number of nitrogens with zero attached hydrogens (tertiary/aromatic N) is 2. The molecule has 0 aliphatic rings. The standard InChI is InChI=1S/C24H27N3O4/c1-13(2)27-23(29)19-10-8-7-9-18(19)21(26-27)24(30)31-17(6)22(28)25-20-15(4)11-14(3)12-16(20)5/h7-13,17H,1-6H3,(H,25,28). The molecule has 0 fully saturated rings. The highest BCUT2D eigenvalue weighted by Gasteiger charge is 2.24. The van der Waals surface area contributed by atoms with Crippen molar-refractivity contribution in [2.24, 2.45) is 0 Å². The lowest BCUT2D eigenvalue weighted by Crippen LogP contribution is -2.32. The van der Waals surface area contributed by atoms with Crippen molar-refractivity contribution in [1.29, 1.82) is 0 Å². The van der Waals surface area contributed by atoms with Crippen molar-refractivity contribution in [2.75, 3.05) is 5.32 Å². The van der Waals surface area contributed by atoms with Gasteiger partial charge < -0.3 is 10.1 Å². The summed E-state index contributed by atoms with van der Waals surface area (Å²) in [4.78, 5) is 38.3. The van der Waals surface area contributed by atoms with E-state index < -0.39 is 18.0 Å². The van der Waals surface area contributed by atoms with Crippen molar-refractivity contribution in [1.82, 2.24) is 9.78 Å². The van der Waals surface area contributed by atoms with E-state index in [9.17, 15) is 14.4 Å². The number of ether oxygens (including phenoxy) is 1. The monoisotopic (exact) mass is 421 g/mol. The highest BCUT2D eigenvalue weighted by Crippen LogP contribution is 2.22. The maximum absolute atomic E-state index is 12.9. The molecule has 0 aliphatic carbocycles. The van der Waals surface area contributed by atoms with E-state index in [0.29, 0.717) is 16.5 Å². The molecule has 0 radical (unpaired) electrons. The highest BCUT2D eigenvalue weighted by molar-refractivity contribution is 6.04. The van der Waals surface area contributed by atoms with Gasteiger partial charge in [0, 0.05) is 11.1 Å². The van der Waals surface area contributed by atoms with E-state index in [-0.39, 0.29) is 17.3 Å². The minimum Gasteiger partial charge on any atom is -0.448 e. The SMILES string of the molecule is Cc1cc(C)c(NC(=O)C(C)OC(=O)c2nn(C(C)C)c(=O)c3ccccc23)c(C)c1. The zero-order chi connectivity index (χ0) is 22.9. The molecule has 1 atom stereocenters. The number of anilines is 1. The van der Waals surface area contributed by atoms with Crippen molar-refractivity contribution in [2.45, 2.75) is 53.7 Å². The van der Waals surface area contributed by atoms with E-state index in [1.807, 2.05) is 32.9 Å². The number of hydrogen-bond donors (Lipinski definition) is 1. The van der Waals surface area contributed by atoms with E-state index in [1.54, 1.807) is 38.1 Å². The summed E-state index contributed by atoms with van der Waals surface area (Å²) in [6.45, 7) is 10.9. The molecule has 3 rings (SSSR count). The Bertz CT molecular complexity index is 1200. The van der Waals surface area contributed by atoms with Gasteiger partial charge in [-0.05, 0) is 58.7 Å². The van der Waals surface area contributed by atoms with E-state index in [0.717, 1.165) is 16.7 Å². The van der Waals surface area contributed by atoms with Crippen LogP contribution in [0.4, 0.5) is 5.69 Å². The van der Waals surface area contributed by atoms with Crippen LogP contribution in [0.3, 0.4) is 0 Å². The number of benzene rings is 2. The zero-order valence-electron chi connectivity index (χ0n) is 18.6. The number of aromatic nitrogens is 2. The summed E-state index contributed by atoms with van der Waals surface area (Å²) in [6.07, 6.45) is -1.05. The fraction of sp³-hybridized carbons (Fsp3) is 0.333. The van der Waals surface area contributed by atoms with Gasteiger partial charge in [-0.15, -0.1) is 0 Å². The molecule has 7 heteroatoms. The molecule has 2 aromatic carbocycles. The third kappa shape index (κ3) is 4.50. The molecule has 3 aromatic rings. The number of hydrogen-bond acceptors (Lipinski definition) is 5. The number of carbonyl (C=O) groups excluding carboxylic acids is 2. The number of aryl methyl sites for hydroxylation is 3. The lowest BCUT2D eigenvalue weighted by molar-refractivity contribution is -0.123. The number of fused-ring (bicyclic) bond motifs is 1. The van der Waals surface area contributed by atoms with Crippen LogP contribution in [0.15, 0.2) is 41.2 Å². The first-order chi connectivity index (χ1) is 14.6. The second kappa shape index (κ2) is 8.71. The molecule has 1 amide bonds. The van der Waals surface area contributed by atoms with Gasteiger partial charge in [0.15, 0.2) is 11.8 Å². The average molecular weight is 421 g/mol. The first-order valence-electron chi connectivity index (χ1n) is 10.2. The van der Waals surface area contributed by atoms with Crippen LogP contribution in [0, 0.1) is 20.8 Å². The molecule has 0 spiro atoms. The molecule has 0 saturated heterocycles. The lowest BCUT2D eigenvalue weighted by Gasteiger charge is -2.18. The van der Waals surface area contributed by atoms with Gasteiger partial charge in [-0.2, -0.15) is 5.10 Å². The second-order valence-electron chi connectivity index (χ2n) is 8.05. The predicted octanol–water partition coefficient (Wildman–Crippen LogP) is 4.09. The smallest absolute Gasteiger partial charge is 0.360 e. The zero-order valence-corrected chi connectivity index (χ0v) is 18.6. The van der Waals surface area contributed by atoms with Crippen molar-refractivity contribution in [3.05, 3.63) is 69.1 Å². The van der Waals surface area contributed by atoms with Crippen molar-refractivity contribution >= 4 is 28.3 Å². The average Bonchev–Trinajstić information content (AvgIpc) is 2.70. The summed E-state index contributed by atoms with van der Waals surface area (Å²) >= 11 is 0. The van der Waals surface area contributed by atoms with Crippen molar-refractivity contribution in [3.63, 3.8) is 0 Å². The molecule has 1 unspecified atom stereocenters. The Balaban J connectivity index is 1.88. The van der Waals surface area contributed by atoms with Gasteiger partial charge in [0.05, 0.1) is 11.4 Å². The molecule has 1 aromatic heterocycles. The Morgan fingerprint density at radius 3 is 2.16 bits per heavy atom. The molecular formula is C24H27N3O4. The molecule has 0 saturated carbocycles. The largest absolute Gasteiger partial charge is 0.448 e. The normalized spacial score (nSPS) is 12.1. The number of esters is 1. The summed E-state index contributed by atoms with van der Waals surface area (Å²) < 4.78 is 6.68. The van der Waals surface area contributed by atoms with Gasteiger partial charge in [-0.1, -0.05) is 35.9 Å². The van der Waals surface area contributed by atoms with Crippen LogP contribution in [0.2, 0.25) is 0 Å². The maximum Gasteiger partial charge on any atom is 0.360 e. The second-order valence-corrected chi connectivity index (χ2v) is 8.05. The Kier molecular flexibility index (Phi) is 6.24. The summed E-state index contributed by atoms with van der Waals surface area (Å²) in [5.74, 6) is -1.20. The van der Waals surface area contributed by atoms with Gasteiger partial charge >= 0.3 is 5.97 Å². The molecule has 162 valence electrons. The molecule has 0 bridgehead atoms. The summed E-state index contributed by atoms with van der Waals surface area (Å²) in [7, 11) is 0. The lowest BCUT2D eigenvalue weighted by atomic mass is 10.0. The third-order valence-corrected chi connectivity index (χ3v) is 5.09. The van der Waals surface area contributed by atoms with Gasteiger partial charge in [0.1, 0.15) is 0 Å². The summed E-state index contributed by atoms with van der Waals surface area (Å²) in [6, 6.07) is 10.5. The van der Waals surface area contributed by atoms with Crippen LogP contribution < -0.4 is 10.9 Å². The quantitative estimate of drug-likeness (QED) is 0.627. The van der Waals surface area contributed by atoms with Crippen LogP contribution in [0.1, 0.15) is 54.0 Å². The maximum atomic E-state index is 12.9. The van der Waals surface area contributed by atoms with E-state index in [2.05, 4.69) is 10.4 Å². The van der Waals surface area contributed by atoms with Crippen LogP contribution in [-0.4, -0.2) is 27.8 Å². The van der Waals surface area contributed by atoms with E-state index >= 15 is 0 Å². The molecule has 0 aliphatic heterocycles. The van der Waals surface area contributed by atoms with Crippen LogP contribution >= 0.6 is 0 Å². The number of nitrogens with one attached hydrogen (secondary N) is 1. The first-order valence-corrected chi connectivity index (χ1v) is 10.2. The Morgan fingerprint density at radius 2 is 1.58 bits per heavy atom. The van der Waals surface area contributed by atoms with E-state index in [1.165, 1.54) is 11.6 Å². The van der Waals surface area contributed by atoms with Gasteiger partial charge in [0.25, 0.3) is 11.5 Å². The minimum atomic E-state index is -1.05. The van der Waals surface area contributed by atoms with Gasteiger partial charge in [0.2, 0.25) is 0 Å². The number of rotatable bonds is 5. The van der Waals surface area contributed by atoms with Gasteiger partial charge in [-0.25, -0.2) is 9.48 Å². The van der Waals surface area contributed by atoms with E-state index in [4.69, 9.17) is 4.74 Å². The van der Waals surface area contributed by atoms with Crippen LogP contribution in [-0.2, 0) is 9.53 Å². The topological polar surface area (TPSA) is 90.3 Å². The first kappa shape index (κ1) is 22.2. The Morgan fingerprint density at radius 1 is 1.00 bits per heavy atom. The fourth-order valence-electron chi connectivity index (χ4n) is 3.58. The third-order valence-electron chi connectivity index (χ3n) is 5.09. The Hall–Kier alpha value is -3.48. The molecular weight excluding hydrogens is 394 g/mol. The van der Waals surface area contributed by atoms with Crippen LogP contribution in [0.5, 0.6) is 0 Å². The molecule has 7 nitrogen and oxygen atoms in total.